The van der Waals surface area contributed by atoms with Gasteiger partial charge >= 0.3 is 0 Å². The zero-order chi connectivity index (χ0) is 10.4. The Labute approximate surface area is 87.7 Å². The molecule has 2 heteroatoms. The Kier molecular flexibility index (Phi) is 4.99. The average molecular weight is 197 g/mol. The molecule has 2 nitrogen and oxygen atoms in total. The number of likely N-dealkylation sites (tertiary alicyclic amines) is 1. The highest BCUT2D eigenvalue weighted by atomic mass is 16.2. The molecule has 0 spiro atoms. The predicted molar refractivity (Wildman–Crippen MR) is 59.2 cm³/mol. The monoisotopic (exact) mass is 197 g/mol. The van der Waals surface area contributed by atoms with Crippen molar-refractivity contribution < 1.29 is 4.79 Å². The van der Waals surface area contributed by atoms with Crippen molar-refractivity contribution in [2.24, 2.45) is 0 Å². The smallest absolute Gasteiger partial charge is 0.222 e. The van der Waals surface area contributed by atoms with E-state index in [2.05, 4.69) is 18.7 Å². The highest BCUT2D eigenvalue weighted by Gasteiger charge is 2.24. The molecule has 1 aliphatic heterocycles. The number of carbonyl (C=O) groups is 1. The van der Waals surface area contributed by atoms with Crippen LogP contribution in [0.5, 0.6) is 0 Å². The van der Waals surface area contributed by atoms with Crippen molar-refractivity contribution in [2.75, 3.05) is 6.54 Å². The Morgan fingerprint density at radius 3 is 2.71 bits per heavy atom. The van der Waals surface area contributed by atoms with Gasteiger partial charge in [0, 0.05) is 19.0 Å². The van der Waals surface area contributed by atoms with Gasteiger partial charge in [-0.05, 0) is 32.1 Å². The summed E-state index contributed by atoms with van der Waals surface area (Å²) in [4.78, 5) is 13.9. The number of hydrogen-bond donors (Lipinski definition) is 0. The first-order chi connectivity index (χ1) is 6.79. The first kappa shape index (κ1) is 11.5. The van der Waals surface area contributed by atoms with E-state index in [0.29, 0.717) is 11.9 Å². The molecule has 82 valence electrons. The van der Waals surface area contributed by atoms with Gasteiger partial charge in [-0.25, -0.2) is 0 Å². The molecule has 1 rings (SSSR count). The van der Waals surface area contributed by atoms with Gasteiger partial charge < -0.3 is 4.90 Å². The number of carbonyl (C=O) groups excluding carboxylic acids is 1. The second-order valence-corrected chi connectivity index (χ2v) is 4.28. The second-order valence-electron chi connectivity index (χ2n) is 4.28. The van der Waals surface area contributed by atoms with Crippen LogP contribution in [0.3, 0.4) is 0 Å². The maximum absolute atomic E-state index is 11.8. The Balaban J connectivity index is 2.48. The molecule has 0 saturated carbocycles. The van der Waals surface area contributed by atoms with Crippen molar-refractivity contribution in [1.29, 1.82) is 0 Å². The van der Waals surface area contributed by atoms with Crippen LogP contribution in [0.25, 0.3) is 0 Å². The molecule has 0 N–H and O–H groups in total. The van der Waals surface area contributed by atoms with Crippen LogP contribution < -0.4 is 0 Å². The number of piperidine rings is 1. The van der Waals surface area contributed by atoms with E-state index in [1.807, 2.05) is 0 Å². The number of nitrogens with zero attached hydrogens (tertiary/aromatic N) is 1. The highest BCUT2D eigenvalue weighted by Crippen LogP contribution is 2.21. The third kappa shape index (κ3) is 3.00. The summed E-state index contributed by atoms with van der Waals surface area (Å²) in [5, 5.41) is 0. The zero-order valence-corrected chi connectivity index (χ0v) is 9.59. The number of hydrogen-bond acceptors (Lipinski definition) is 1. The third-order valence-corrected chi connectivity index (χ3v) is 3.03. The molecule has 0 aromatic rings. The lowest BCUT2D eigenvalue weighted by Gasteiger charge is -2.35. The molecule has 0 bridgehead atoms. The van der Waals surface area contributed by atoms with Crippen LogP contribution in [-0.2, 0) is 4.79 Å². The third-order valence-electron chi connectivity index (χ3n) is 3.03. The molecule has 1 aliphatic rings. The maximum atomic E-state index is 11.8. The fourth-order valence-corrected chi connectivity index (χ4v) is 2.32. The Morgan fingerprint density at radius 2 is 2.07 bits per heavy atom. The second kappa shape index (κ2) is 6.05. The topological polar surface area (TPSA) is 20.3 Å². The van der Waals surface area contributed by atoms with Crippen LogP contribution in [0.15, 0.2) is 0 Å². The molecule has 14 heavy (non-hydrogen) atoms. The van der Waals surface area contributed by atoms with E-state index in [4.69, 9.17) is 0 Å². The normalized spacial score (nSPS) is 22.4. The van der Waals surface area contributed by atoms with E-state index in [9.17, 15) is 4.79 Å². The lowest BCUT2D eigenvalue weighted by atomic mass is 9.98. The lowest BCUT2D eigenvalue weighted by Crippen LogP contribution is -2.43. The van der Waals surface area contributed by atoms with Gasteiger partial charge in [-0.15, -0.1) is 0 Å². The molecule has 0 aromatic carbocycles. The summed E-state index contributed by atoms with van der Waals surface area (Å²) in [6.45, 7) is 5.29. The summed E-state index contributed by atoms with van der Waals surface area (Å²) in [5.41, 5.74) is 0. The fraction of sp³-hybridized carbons (Fsp3) is 0.917. The van der Waals surface area contributed by atoms with Crippen LogP contribution in [0.4, 0.5) is 0 Å². The highest BCUT2D eigenvalue weighted by molar-refractivity contribution is 5.76. The van der Waals surface area contributed by atoms with Crippen LogP contribution in [0.1, 0.15) is 58.8 Å². The summed E-state index contributed by atoms with van der Waals surface area (Å²) < 4.78 is 0. The SMILES string of the molecule is CCCC(=O)N1CCCC[C@@H]1CCC. The Morgan fingerprint density at radius 1 is 1.29 bits per heavy atom. The van der Waals surface area contributed by atoms with Crippen molar-refractivity contribution >= 4 is 5.91 Å². The van der Waals surface area contributed by atoms with Gasteiger partial charge in [-0.1, -0.05) is 20.3 Å². The first-order valence-electron chi connectivity index (χ1n) is 6.09. The Hall–Kier alpha value is -0.530. The van der Waals surface area contributed by atoms with Crippen LogP contribution >= 0.6 is 0 Å². The first-order valence-corrected chi connectivity index (χ1v) is 6.09. The minimum absolute atomic E-state index is 0.380. The van der Waals surface area contributed by atoms with Crippen molar-refractivity contribution in [3.8, 4) is 0 Å². The van der Waals surface area contributed by atoms with Crippen LogP contribution in [0.2, 0.25) is 0 Å². The van der Waals surface area contributed by atoms with Crippen molar-refractivity contribution in [3.05, 3.63) is 0 Å². The summed E-state index contributed by atoms with van der Waals surface area (Å²) in [7, 11) is 0. The van der Waals surface area contributed by atoms with E-state index in [1.54, 1.807) is 0 Å². The Bertz CT molecular complexity index is 177. The molecule has 1 atom stereocenters. The predicted octanol–water partition coefficient (Wildman–Crippen LogP) is 2.97. The standard InChI is InChI=1S/C12H23NO/c1-3-7-11-9-5-6-10-13(11)12(14)8-4-2/h11H,3-10H2,1-2H3/t11-/m0/s1. The van der Waals surface area contributed by atoms with Crippen LogP contribution in [-0.4, -0.2) is 23.4 Å². The van der Waals surface area contributed by atoms with Crippen molar-refractivity contribution in [3.63, 3.8) is 0 Å². The van der Waals surface area contributed by atoms with Gasteiger partial charge in [0.2, 0.25) is 5.91 Å². The van der Waals surface area contributed by atoms with E-state index in [-0.39, 0.29) is 0 Å². The maximum Gasteiger partial charge on any atom is 0.222 e. The molecular formula is C12H23NO. The van der Waals surface area contributed by atoms with Gasteiger partial charge in [-0.3, -0.25) is 4.79 Å². The largest absolute Gasteiger partial charge is 0.340 e. The minimum Gasteiger partial charge on any atom is -0.340 e. The van der Waals surface area contributed by atoms with Gasteiger partial charge in [0.05, 0.1) is 0 Å². The van der Waals surface area contributed by atoms with E-state index in [1.165, 1.54) is 32.1 Å². The molecular weight excluding hydrogens is 174 g/mol. The zero-order valence-electron chi connectivity index (χ0n) is 9.59. The van der Waals surface area contributed by atoms with E-state index >= 15 is 0 Å². The van der Waals surface area contributed by atoms with Gasteiger partial charge in [0.15, 0.2) is 0 Å². The summed E-state index contributed by atoms with van der Waals surface area (Å²) in [5.74, 6) is 0.380. The quantitative estimate of drug-likeness (QED) is 0.678. The van der Waals surface area contributed by atoms with Gasteiger partial charge in [0.25, 0.3) is 0 Å². The summed E-state index contributed by atoms with van der Waals surface area (Å²) >= 11 is 0. The van der Waals surface area contributed by atoms with Gasteiger partial charge in [0.1, 0.15) is 0 Å². The summed E-state index contributed by atoms with van der Waals surface area (Å²) in [6, 6.07) is 0.549. The fourth-order valence-electron chi connectivity index (χ4n) is 2.32. The lowest BCUT2D eigenvalue weighted by molar-refractivity contribution is -0.135. The van der Waals surface area contributed by atoms with Crippen molar-refractivity contribution in [1.82, 2.24) is 4.90 Å². The molecule has 0 radical (unpaired) electrons. The minimum atomic E-state index is 0.380. The molecule has 1 saturated heterocycles. The number of rotatable bonds is 4. The van der Waals surface area contributed by atoms with E-state index < -0.39 is 0 Å². The van der Waals surface area contributed by atoms with Gasteiger partial charge in [-0.2, -0.15) is 0 Å². The average Bonchev–Trinajstić information content (AvgIpc) is 2.19. The number of amides is 1. The molecule has 1 fully saturated rings. The van der Waals surface area contributed by atoms with Crippen molar-refractivity contribution in [2.45, 2.75) is 64.8 Å². The molecule has 0 aromatic heterocycles. The van der Waals surface area contributed by atoms with E-state index in [0.717, 1.165) is 19.4 Å². The van der Waals surface area contributed by atoms with Crippen LogP contribution in [0, 0.1) is 0 Å². The molecule has 0 aliphatic carbocycles. The summed E-state index contributed by atoms with van der Waals surface area (Å²) in [6.07, 6.45) is 7.84. The molecule has 0 unspecified atom stereocenters. The molecule has 1 amide bonds. The molecule has 1 heterocycles.